The number of carbonyl (C=O) groups is 1. The van der Waals surface area contributed by atoms with E-state index in [0.717, 1.165) is 12.8 Å². The van der Waals surface area contributed by atoms with Crippen LogP contribution in [0.4, 0.5) is 0 Å². The molecule has 0 fully saturated rings. The lowest BCUT2D eigenvalue weighted by Gasteiger charge is -2.16. The van der Waals surface area contributed by atoms with Crippen molar-refractivity contribution < 1.29 is 19.5 Å². The molecule has 0 aromatic carbocycles. The van der Waals surface area contributed by atoms with Crippen molar-refractivity contribution in [2.24, 2.45) is 0 Å². The first-order valence-corrected chi connectivity index (χ1v) is 6.36. The summed E-state index contributed by atoms with van der Waals surface area (Å²) >= 11 is 0. The summed E-state index contributed by atoms with van der Waals surface area (Å²) < 4.78 is 5.12. The van der Waals surface area contributed by atoms with Crippen LogP contribution in [0.25, 0.3) is 0 Å². The number of hydroxylamine groups is 1. The Hall–Kier alpha value is -1.50. The summed E-state index contributed by atoms with van der Waals surface area (Å²) in [6.07, 6.45) is 2.41. The number of rotatable bonds is 9. The van der Waals surface area contributed by atoms with Gasteiger partial charge in [0.15, 0.2) is 0 Å². The third-order valence-corrected chi connectivity index (χ3v) is 2.33. The molecule has 0 aliphatic carbocycles. The van der Waals surface area contributed by atoms with E-state index in [9.17, 15) is 4.79 Å². The van der Waals surface area contributed by atoms with Gasteiger partial charge in [-0.25, -0.2) is 4.79 Å². The zero-order chi connectivity index (χ0) is 13.9. The van der Waals surface area contributed by atoms with Crippen molar-refractivity contribution in [3.8, 4) is 0 Å². The normalized spacial score (nSPS) is 12.1. The van der Waals surface area contributed by atoms with Crippen molar-refractivity contribution in [3.63, 3.8) is 0 Å². The standard InChI is InChI=1S/C13H20N2O4/c1-2-3-10-18-13(17)12(19-15-8-9-16)11-6-4-5-7-14-11/h4-7,12,15-16H,2-3,8-10H2,1H3. The number of pyridine rings is 1. The number of hydrogen-bond donors (Lipinski definition) is 2. The first-order chi connectivity index (χ1) is 9.29. The number of aliphatic hydroxyl groups is 1. The van der Waals surface area contributed by atoms with Gasteiger partial charge in [0.2, 0.25) is 6.10 Å². The van der Waals surface area contributed by atoms with Crippen LogP contribution < -0.4 is 5.48 Å². The van der Waals surface area contributed by atoms with Crippen LogP contribution in [0.15, 0.2) is 24.4 Å². The molecule has 0 aliphatic heterocycles. The second-order valence-corrected chi connectivity index (χ2v) is 3.89. The summed E-state index contributed by atoms with van der Waals surface area (Å²) in [5.41, 5.74) is 2.98. The summed E-state index contributed by atoms with van der Waals surface area (Å²) in [5, 5.41) is 8.69. The van der Waals surface area contributed by atoms with Gasteiger partial charge in [-0.1, -0.05) is 19.4 Å². The van der Waals surface area contributed by atoms with Crippen molar-refractivity contribution in [3.05, 3.63) is 30.1 Å². The molecule has 1 rings (SSSR count). The maximum Gasteiger partial charge on any atom is 0.343 e. The molecule has 19 heavy (non-hydrogen) atoms. The van der Waals surface area contributed by atoms with Gasteiger partial charge in [0.05, 0.1) is 18.9 Å². The second-order valence-electron chi connectivity index (χ2n) is 3.89. The number of ether oxygens (including phenoxy) is 1. The van der Waals surface area contributed by atoms with E-state index in [0.29, 0.717) is 12.3 Å². The Kier molecular flexibility index (Phi) is 7.72. The average Bonchev–Trinajstić information content (AvgIpc) is 2.45. The predicted octanol–water partition coefficient (Wildman–Crippen LogP) is 0.979. The maximum atomic E-state index is 11.9. The van der Waals surface area contributed by atoms with Crippen LogP contribution in [0.2, 0.25) is 0 Å². The lowest BCUT2D eigenvalue weighted by atomic mass is 10.2. The smallest absolute Gasteiger partial charge is 0.343 e. The Morgan fingerprint density at radius 3 is 3.00 bits per heavy atom. The average molecular weight is 268 g/mol. The molecule has 106 valence electrons. The zero-order valence-corrected chi connectivity index (χ0v) is 11.0. The van der Waals surface area contributed by atoms with E-state index < -0.39 is 12.1 Å². The van der Waals surface area contributed by atoms with Crippen LogP contribution in [-0.4, -0.2) is 35.8 Å². The molecule has 0 saturated carbocycles. The number of aliphatic hydroxyl groups excluding tert-OH is 1. The Labute approximate surface area is 112 Å². The van der Waals surface area contributed by atoms with Crippen molar-refractivity contribution in [1.82, 2.24) is 10.5 Å². The summed E-state index contributed by atoms with van der Waals surface area (Å²) in [6.45, 7) is 2.52. The lowest BCUT2D eigenvalue weighted by Crippen LogP contribution is -2.28. The van der Waals surface area contributed by atoms with Gasteiger partial charge in [-0.05, 0) is 18.6 Å². The summed E-state index contributed by atoms with van der Waals surface area (Å²) in [6, 6.07) is 5.21. The van der Waals surface area contributed by atoms with E-state index in [1.807, 2.05) is 6.92 Å². The highest BCUT2D eigenvalue weighted by molar-refractivity contribution is 5.75. The number of aromatic nitrogens is 1. The van der Waals surface area contributed by atoms with Crippen LogP contribution in [0.1, 0.15) is 31.6 Å². The molecule has 0 amide bonds. The topological polar surface area (TPSA) is 80.7 Å². The first-order valence-electron chi connectivity index (χ1n) is 6.36. The lowest BCUT2D eigenvalue weighted by molar-refractivity contribution is -0.164. The molecule has 1 atom stereocenters. The maximum absolute atomic E-state index is 11.9. The molecule has 1 aromatic heterocycles. The van der Waals surface area contributed by atoms with Crippen LogP contribution in [0.3, 0.4) is 0 Å². The molecule has 1 aromatic rings. The molecule has 1 heterocycles. The third-order valence-electron chi connectivity index (χ3n) is 2.33. The summed E-state index contributed by atoms with van der Waals surface area (Å²) in [5.74, 6) is -0.488. The number of nitrogens with zero attached hydrogens (tertiary/aromatic N) is 1. The molecule has 6 heteroatoms. The fraction of sp³-hybridized carbons (Fsp3) is 0.538. The molecule has 0 bridgehead atoms. The summed E-state index contributed by atoms with van der Waals surface area (Å²) in [4.78, 5) is 21.2. The van der Waals surface area contributed by atoms with E-state index in [2.05, 4.69) is 10.5 Å². The fourth-order valence-corrected chi connectivity index (χ4v) is 1.34. The number of carbonyl (C=O) groups excluding carboxylic acids is 1. The van der Waals surface area contributed by atoms with Crippen LogP contribution in [-0.2, 0) is 14.4 Å². The van der Waals surface area contributed by atoms with Crippen LogP contribution >= 0.6 is 0 Å². The van der Waals surface area contributed by atoms with Crippen molar-refractivity contribution in [2.75, 3.05) is 19.8 Å². The van der Waals surface area contributed by atoms with Crippen molar-refractivity contribution in [1.29, 1.82) is 0 Å². The molecule has 0 radical (unpaired) electrons. The molecule has 0 aliphatic rings. The Morgan fingerprint density at radius 2 is 2.37 bits per heavy atom. The van der Waals surface area contributed by atoms with Gasteiger partial charge in [0, 0.05) is 12.7 Å². The second kappa shape index (κ2) is 9.43. The van der Waals surface area contributed by atoms with E-state index in [1.165, 1.54) is 0 Å². The first kappa shape index (κ1) is 15.6. The Bertz CT molecular complexity index is 359. The zero-order valence-electron chi connectivity index (χ0n) is 11.0. The molecule has 0 spiro atoms. The number of esters is 1. The third kappa shape index (κ3) is 5.78. The quantitative estimate of drug-likeness (QED) is 0.395. The fourth-order valence-electron chi connectivity index (χ4n) is 1.34. The van der Waals surface area contributed by atoms with Gasteiger partial charge in [0.25, 0.3) is 0 Å². The molecule has 0 saturated heterocycles. The molecule has 1 unspecified atom stereocenters. The molecular formula is C13H20N2O4. The SMILES string of the molecule is CCCCOC(=O)C(ONCCO)c1ccccn1. The molecule has 6 nitrogen and oxygen atoms in total. The Balaban J connectivity index is 2.61. The van der Waals surface area contributed by atoms with Gasteiger partial charge in [-0.15, -0.1) is 0 Å². The van der Waals surface area contributed by atoms with Gasteiger partial charge in [-0.3, -0.25) is 9.82 Å². The van der Waals surface area contributed by atoms with Crippen molar-refractivity contribution in [2.45, 2.75) is 25.9 Å². The largest absolute Gasteiger partial charge is 0.463 e. The van der Waals surface area contributed by atoms with Gasteiger partial charge in [0.1, 0.15) is 0 Å². The van der Waals surface area contributed by atoms with Gasteiger partial charge >= 0.3 is 5.97 Å². The number of hydrogen-bond acceptors (Lipinski definition) is 6. The minimum Gasteiger partial charge on any atom is -0.463 e. The van der Waals surface area contributed by atoms with Crippen LogP contribution in [0, 0.1) is 0 Å². The minimum absolute atomic E-state index is 0.0835. The van der Waals surface area contributed by atoms with Gasteiger partial charge in [-0.2, -0.15) is 5.48 Å². The van der Waals surface area contributed by atoms with E-state index >= 15 is 0 Å². The van der Waals surface area contributed by atoms with Gasteiger partial charge < -0.3 is 9.84 Å². The Morgan fingerprint density at radius 1 is 1.53 bits per heavy atom. The number of nitrogens with one attached hydrogen (secondary N) is 1. The monoisotopic (exact) mass is 268 g/mol. The van der Waals surface area contributed by atoms with E-state index in [1.54, 1.807) is 24.4 Å². The molecular weight excluding hydrogens is 248 g/mol. The van der Waals surface area contributed by atoms with Crippen LogP contribution in [0.5, 0.6) is 0 Å². The predicted molar refractivity (Wildman–Crippen MR) is 69.0 cm³/mol. The van der Waals surface area contributed by atoms with Crippen molar-refractivity contribution >= 4 is 5.97 Å². The molecule has 2 N–H and O–H groups in total. The number of unbranched alkanes of at least 4 members (excludes halogenated alkanes) is 1. The highest BCUT2D eigenvalue weighted by atomic mass is 16.7. The highest BCUT2D eigenvalue weighted by Gasteiger charge is 2.24. The summed E-state index contributed by atoms with van der Waals surface area (Å²) in [7, 11) is 0. The van der Waals surface area contributed by atoms with E-state index in [4.69, 9.17) is 14.7 Å². The minimum atomic E-state index is -0.926. The highest BCUT2D eigenvalue weighted by Crippen LogP contribution is 2.15. The van der Waals surface area contributed by atoms with E-state index in [-0.39, 0.29) is 13.2 Å².